The lowest BCUT2D eigenvalue weighted by molar-refractivity contribution is -0.130. The number of pyridine rings is 1. The average molecular weight is 444 g/mol. The molecule has 1 aromatic carbocycles. The fourth-order valence-electron chi connectivity index (χ4n) is 4.02. The summed E-state index contributed by atoms with van der Waals surface area (Å²) >= 11 is 0. The lowest BCUT2D eigenvalue weighted by atomic mass is 10.1. The molecule has 8 nitrogen and oxygen atoms in total. The molecule has 31 heavy (non-hydrogen) atoms. The molecule has 0 saturated carbocycles. The third kappa shape index (κ3) is 5.22. The number of likely N-dealkylation sites (tertiary alicyclic amines) is 1. The van der Waals surface area contributed by atoms with Crippen LogP contribution >= 0.6 is 0 Å². The Hall–Kier alpha value is -2.94. The zero-order valence-electron chi connectivity index (χ0n) is 17.1. The molecule has 3 heterocycles. The van der Waals surface area contributed by atoms with Crippen LogP contribution in [0.25, 0.3) is 0 Å². The lowest BCUT2D eigenvalue weighted by Crippen LogP contribution is -2.39. The van der Waals surface area contributed by atoms with Gasteiger partial charge in [0, 0.05) is 37.3 Å². The molecule has 2 fully saturated rings. The third-order valence-corrected chi connectivity index (χ3v) is 7.45. The molecule has 2 amide bonds. The maximum Gasteiger partial charge on any atom is 0.225 e. The summed E-state index contributed by atoms with van der Waals surface area (Å²) in [7, 11) is -3.09. The molecule has 2 atom stereocenters. The van der Waals surface area contributed by atoms with Gasteiger partial charge in [-0.15, -0.1) is 0 Å². The summed E-state index contributed by atoms with van der Waals surface area (Å²) in [5.41, 5.74) is 1.76. The van der Waals surface area contributed by atoms with Crippen molar-refractivity contribution in [3.05, 3.63) is 59.8 Å². The van der Waals surface area contributed by atoms with Crippen molar-refractivity contribution in [2.75, 3.05) is 18.1 Å². The van der Waals surface area contributed by atoms with Crippen molar-refractivity contribution in [3.63, 3.8) is 0 Å². The van der Waals surface area contributed by atoms with Gasteiger partial charge in [-0.3, -0.25) is 9.59 Å². The molecule has 1 aromatic heterocycles. The number of carbonyl (C=O) groups is 2. The fraction of sp³-hybridized carbons (Fsp3) is 0.409. The van der Waals surface area contributed by atoms with E-state index in [-0.39, 0.29) is 48.9 Å². The topological polar surface area (TPSA) is 106 Å². The Balaban J connectivity index is 1.32. The molecule has 0 spiro atoms. The number of rotatable bonds is 7. The average Bonchev–Trinajstić information content (AvgIpc) is 3.33. The molecule has 2 aliphatic rings. The number of ether oxygens (including phenoxy) is 1. The second kappa shape index (κ2) is 9.05. The minimum Gasteiger partial charge on any atom is -0.473 e. The van der Waals surface area contributed by atoms with Crippen LogP contribution in [-0.2, 0) is 32.6 Å². The van der Waals surface area contributed by atoms with Crippen molar-refractivity contribution in [2.45, 2.75) is 32.0 Å². The lowest BCUT2D eigenvalue weighted by Gasteiger charge is -2.23. The zero-order chi connectivity index (χ0) is 21.8. The van der Waals surface area contributed by atoms with Crippen LogP contribution in [0.3, 0.4) is 0 Å². The van der Waals surface area contributed by atoms with Crippen molar-refractivity contribution in [3.8, 4) is 5.88 Å². The first-order valence-corrected chi connectivity index (χ1v) is 12.1. The van der Waals surface area contributed by atoms with Crippen LogP contribution in [0, 0.1) is 5.92 Å². The van der Waals surface area contributed by atoms with E-state index in [1.807, 2.05) is 36.4 Å². The molecule has 4 rings (SSSR count). The molecule has 1 N–H and O–H groups in total. The van der Waals surface area contributed by atoms with Gasteiger partial charge in [0.15, 0.2) is 9.84 Å². The molecule has 164 valence electrons. The number of sulfone groups is 1. The molecule has 0 bridgehead atoms. The van der Waals surface area contributed by atoms with Crippen molar-refractivity contribution < 1.29 is 22.7 Å². The molecule has 9 heteroatoms. The fourth-order valence-corrected chi connectivity index (χ4v) is 5.75. The summed E-state index contributed by atoms with van der Waals surface area (Å²) < 4.78 is 29.3. The largest absolute Gasteiger partial charge is 0.473 e. The van der Waals surface area contributed by atoms with E-state index in [4.69, 9.17) is 4.74 Å². The van der Waals surface area contributed by atoms with Gasteiger partial charge in [0.1, 0.15) is 6.61 Å². The monoisotopic (exact) mass is 443 g/mol. The predicted molar refractivity (Wildman–Crippen MR) is 114 cm³/mol. The summed E-state index contributed by atoms with van der Waals surface area (Å²) in [6, 6.07) is 13.0. The molecule has 2 saturated heterocycles. The van der Waals surface area contributed by atoms with Gasteiger partial charge in [-0.25, -0.2) is 13.4 Å². The first-order valence-electron chi connectivity index (χ1n) is 10.3. The van der Waals surface area contributed by atoms with Gasteiger partial charge in [0.05, 0.1) is 17.4 Å². The van der Waals surface area contributed by atoms with Crippen molar-refractivity contribution >= 4 is 21.7 Å². The Labute approximate surface area is 181 Å². The van der Waals surface area contributed by atoms with E-state index >= 15 is 0 Å². The van der Waals surface area contributed by atoms with E-state index in [2.05, 4.69) is 10.3 Å². The summed E-state index contributed by atoms with van der Waals surface area (Å²) in [5.74, 6) is -0.325. The van der Waals surface area contributed by atoms with Crippen LogP contribution in [0.4, 0.5) is 0 Å². The van der Waals surface area contributed by atoms with E-state index in [1.54, 1.807) is 17.2 Å². The molecule has 2 aliphatic heterocycles. The van der Waals surface area contributed by atoms with E-state index in [1.165, 1.54) is 0 Å². The van der Waals surface area contributed by atoms with Crippen LogP contribution in [0.1, 0.15) is 24.0 Å². The van der Waals surface area contributed by atoms with Crippen molar-refractivity contribution in [2.24, 2.45) is 5.92 Å². The third-order valence-electron chi connectivity index (χ3n) is 5.70. The van der Waals surface area contributed by atoms with Gasteiger partial charge in [-0.2, -0.15) is 0 Å². The smallest absolute Gasteiger partial charge is 0.225 e. The maximum absolute atomic E-state index is 12.7. The van der Waals surface area contributed by atoms with Gasteiger partial charge in [-0.05, 0) is 18.1 Å². The van der Waals surface area contributed by atoms with Gasteiger partial charge in [0.25, 0.3) is 0 Å². The second-order valence-electron chi connectivity index (χ2n) is 7.96. The normalized spacial score (nSPS) is 22.5. The Bertz CT molecular complexity index is 1060. The minimum absolute atomic E-state index is 0.00905. The summed E-state index contributed by atoms with van der Waals surface area (Å²) in [5, 5.41) is 2.87. The van der Waals surface area contributed by atoms with E-state index in [0.29, 0.717) is 18.9 Å². The highest BCUT2D eigenvalue weighted by Gasteiger charge is 2.41. The van der Waals surface area contributed by atoms with E-state index < -0.39 is 15.8 Å². The predicted octanol–water partition coefficient (Wildman–Crippen LogP) is 1.31. The Morgan fingerprint density at radius 3 is 2.74 bits per heavy atom. The van der Waals surface area contributed by atoms with E-state index in [9.17, 15) is 18.0 Å². The highest BCUT2D eigenvalue weighted by molar-refractivity contribution is 7.91. The van der Waals surface area contributed by atoms with Crippen molar-refractivity contribution in [1.29, 1.82) is 0 Å². The number of carbonyl (C=O) groups excluding carboxylic acids is 2. The van der Waals surface area contributed by atoms with Crippen LogP contribution in [0.2, 0.25) is 0 Å². The highest BCUT2D eigenvalue weighted by Crippen LogP contribution is 2.26. The first kappa shape index (κ1) is 21.3. The SMILES string of the molecule is O=C(NCc1cccnc1OCc1ccccc1)[C@@H]1CC(=O)N([C@@H]2CCS(=O)(=O)C2)C1. The zero-order valence-corrected chi connectivity index (χ0v) is 17.9. The molecular formula is C22H25N3O5S. The number of nitrogens with zero attached hydrogens (tertiary/aromatic N) is 2. The molecule has 0 aliphatic carbocycles. The molecular weight excluding hydrogens is 418 g/mol. The molecule has 0 radical (unpaired) electrons. The highest BCUT2D eigenvalue weighted by atomic mass is 32.2. The minimum atomic E-state index is -3.09. The number of benzene rings is 1. The summed E-state index contributed by atoms with van der Waals surface area (Å²) in [6.07, 6.45) is 2.18. The van der Waals surface area contributed by atoms with Gasteiger partial charge in [-0.1, -0.05) is 36.4 Å². The number of aromatic nitrogens is 1. The number of amides is 2. The molecule has 0 unspecified atom stereocenters. The number of hydrogen-bond acceptors (Lipinski definition) is 6. The summed E-state index contributed by atoms with van der Waals surface area (Å²) in [6.45, 7) is 0.865. The Morgan fingerprint density at radius 1 is 1.19 bits per heavy atom. The van der Waals surface area contributed by atoms with Crippen LogP contribution < -0.4 is 10.1 Å². The second-order valence-corrected chi connectivity index (χ2v) is 10.2. The van der Waals surface area contributed by atoms with Gasteiger partial charge in [0.2, 0.25) is 17.7 Å². The quantitative estimate of drug-likeness (QED) is 0.692. The maximum atomic E-state index is 12.7. The van der Waals surface area contributed by atoms with Gasteiger partial charge >= 0.3 is 0 Å². The molecule has 2 aromatic rings. The number of nitrogens with one attached hydrogen (secondary N) is 1. The van der Waals surface area contributed by atoms with Crippen LogP contribution in [0.15, 0.2) is 48.7 Å². The first-order chi connectivity index (χ1) is 14.9. The van der Waals surface area contributed by atoms with Crippen molar-refractivity contribution in [1.82, 2.24) is 15.2 Å². The standard InChI is InChI=1S/C22H25N3O5S/c26-20-11-18(13-25(20)19-8-10-31(28,29)15-19)21(27)24-12-17-7-4-9-23-22(17)30-14-16-5-2-1-3-6-16/h1-7,9,18-19H,8,10-15H2,(H,24,27)/t18-,19-/m1/s1. The number of hydrogen-bond donors (Lipinski definition) is 1. The van der Waals surface area contributed by atoms with Crippen LogP contribution in [-0.4, -0.2) is 54.2 Å². The Kier molecular flexibility index (Phi) is 6.22. The van der Waals surface area contributed by atoms with Crippen LogP contribution in [0.5, 0.6) is 5.88 Å². The van der Waals surface area contributed by atoms with E-state index in [0.717, 1.165) is 11.1 Å². The Morgan fingerprint density at radius 2 is 2.00 bits per heavy atom. The van der Waals surface area contributed by atoms with Gasteiger partial charge < -0.3 is 15.0 Å². The summed E-state index contributed by atoms with van der Waals surface area (Å²) in [4.78, 5) is 30.9.